The molecule has 1 aliphatic heterocycles. The van der Waals surface area contributed by atoms with Crippen molar-refractivity contribution in [3.05, 3.63) is 114 Å². The quantitative estimate of drug-likeness (QED) is 0.197. The highest BCUT2D eigenvalue weighted by Gasteiger charge is 2.27. The predicted molar refractivity (Wildman–Crippen MR) is 167 cm³/mol. The summed E-state index contributed by atoms with van der Waals surface area (Å²) in [7, 11) is 0. The van der Waals surface area contributed by atoms with E-state index in [0.717, 1.165) is 28.2 Å². The number of fused-ring (bicyclic) bond motifs is 1. The fourth-order valence-electron chi connectivity index (χ4n) is 5.71. The van der Waals surface area contributed by atoms with Gasteiger partial charge in [-0.3, -0.25) is 9.59 Å². The Morgan fingerprint density at radius 2 is 1.53 bits per heavy atom. The number of Topliss-reactive ketones (excluding diaryl/α,β-unsaturated/α-hetero) is 1. The van der Waals surface area contributed by atoms with Crippen molar-refractivity contribution in [2.75, 3.05) is 41.3 Å². The van der Waals surface area contributed by atoms with E-state index in [1.165, 1.54) is 6.07 Å². The van der Waals surface area contributed by atoms with Crippen LogP contribution in [0.25, 0.3) is 16.6 Å². The topological polar surface area (TPSA) is 107 Å². The molecule has 5 aromatic rings. The summed E-state index contributed by atoms with van der Waals surface area (Å²) in [5, 5.41) is 12.7. The zero-order valence-electron chi connectivity index (χ0n) is 23.9. The van der Waals surface area contributed by atoms with Gasteiger partial charge in [0.1, 0.15) is 11.5 Å². The van der Waals surface area contributed by atoms with Crippen LogP contribution in [0.3, 0.4) is 0 Å². The molecule has 0 bridgehead atoms. The molecular formula is C34H31N5O4. The Kier molecular flexibility index (Phi) is 7.38. The van der Waals surface area contributed by atoms with Crippen molar-refractivity contribution in [2.45, 2.75) is 13.8 Å². The number of carboxylic acid groups (broad SMARTS) is 1. The van der Waals surface area contributed by atoms with Crippen LogP contribution in [0.5, 0.6) is 0 Å². The van der Waals surface area contributed by atoms with E-state index in [4.69, 9.17) is 0 Å². The van der Waals surface area contributed by atoms with E-state index in [1.807, 2.05) is 73.3 Å². The highest BCUT2D eigenvalue weighted by Crippen LogP contribution is 2.30. The molecular weight excluding hydrogens is 542 g/mol. The zero-order valence-corrected chi connectivity index (χ0v) is 23.9. The summed E-state index contributed by atoms with van der Waals surface area (Å²) in [6.45, 7) is 6.63. The average Bonchev–Trinajstić information content (AvgIpc) is 3.40. The number of anilines is 3. The number of nitrogens with one attached hydrogen (secondary N) is 1. The van der Waals surface area contributed by atoms with Crippen LogP contribution in [0.1, 0.15) is 32.1 Å². The maximum absolute atomic E-state index is 13.6. The van der Waals surface area contributed by atoms with E-state index >= 15 is 0 Å². The van der Waals surface area contributed by atoms with Crippen molar-refractivity contribution in [2.24, 2.45) is 0 Å². The minimum absolute atomic E-state index is 0.0568. The third-order valence-corrected chi connectivity index (χ3v) is 7.70. The molecule has 1 fully saturated rings. The summed E-state index contributed by atoms with van der Waals surface area (Å²) in [6, 6.07) is 25.7. The van der Waals surface area contributed by atoms with Gasteiger partial charge >= 0.3 is 5.97 Å². The van der Waals surface area contributed by atoms with E-state index in [2.05, 4.69) is 21.3 Å². The molecule has 0 unspecified atom stereocenters. The third-order valence-electron chi connectivity index (χ3n) is 7.70. The summed E-state index contributed by atoms with van der Waals surface area (Å²) in [5.41, 5.74) is 5.44. The molecule has 0 atom stereocenters. The number of aryl methyl sites for hydroxylation is 2. The number of carbonyl (C=O) groups excluding carboxylic acids is 2. The van der Waals surface area contributed by atoms with Gasteiger partial charge in [-0.2, -0.15) is 0 Å². The molecule has 2 aromatic carbocycles. The first-order valence-electron chi connectivity index (χ1n) is 14.1. The number of ketones is 1. The second kappa shape index (κ2) is 11.4. The van der Waals surface area contributed by atoms with E-state index in [0.29, 0.717) is 37.4 Å². The molecule has 9 nitrogen and oxygen atoms in total. The van der Waals surface area contributed by atoms with Crippen molar-refractivity contribution in [1.82, 2.24) is 9.38 Å². The van der Waals surface area contributed by atoms with Crippen LogP contribution in [0, 0.1) is 13.8 Å². The number of carboxylic acids is 1. The number of hydrogen-bond donors (Lipinski definition) is 2. The number of piperazine rings is 1. The number of rotatable bonds is 7. The SMILES string of the molecule is Cc1cc(C)nc(N2CCN(c3ccc(NC(=O)C(=O)c4c(-c5ccccc5)cc5ccccn45)cc3C(=O)O)CC2)c1. The minimum atomic E-state index is -1.11. The van der Waals surface area contributed by atoms with E-state index in [-0.39, 0.29) is 16.9 Å². The molecule has 2 N–H and O–H groups in total. The lowest BCUT2D eigenvalue weighted by Gasteiger charge is -2.37. The average molecular weight is 574 g/mol. The van der Waals surface area contributed by atoms with Crippen LogP contribution in [0.15, 0.2) is 91.1 Å². The van der Waals surface area contributed by atoms with Crippen molar-refractivity contribution in [1.29, 1.82) is 0 Å². The van der Waals surface area contributed by atoms with Gasteiger partial charge in [-0.05, 0) is 73.5 Å². The molecule has 3 aromatic heterocycles. The molecule has 9 heteroatoms. The Balaban J connectivity index is 1.22. The van der Waals surface area contributed by atoms with Crippen molar-refractivity contribution < 1.29 is 19.5 Å². The number of aromatic carboxylic acids is 1. The Bertz CT molecular complexity index is 1840. The second-order valence-corrected chi connectivity index (χ2v) is 10.7. The first-order valence-corrected chi connectivity index (χ1v) is 14.1. The summed E-state index contributed by atoms with van der Waals surface area (Å²) in [6.07, 6.45) is 1.75. The number of carbonyl (C=O) groups is 3. The van der Waals surface area contributed by atoms with Crippen LogP contribution in [-0.4, -0.2) is 58.3 Å². The molecule has 216 valence electrons. The third kappa shape index (κ3) is 5.57. The highest BCUT2D eigenvalue weighted by atomic mass is 16.4. The number of nitrogens with zero attached hydrogens (tertiary/aromatic N) is 4. The zero-order chi connectivity index (χ0) is 30.1. The molecule has 0 radical (unpaired) electrons. The molecule has 6 rings (SSSR count). The van der Waals surface area contributed by atoms with Gasteiger partial charge in [0.05, 0.1) is 11.3 Å². The normalized spacial score (nSPS) is 13.3. The second-order valence-electron chi connectivity index (χ2n) is 10.7. The highest BCUT2D eigenvalue weighted by molar-refractivity contribution is 6.47. The van der Waals surface area contributed by atoms with E-state index < -0.39 is 17.7 Å². The van der Waals surface area contributed by atoms with Gasteiger partial charge in [0.2, 0.25) is 0 Å². The monoisotopic (exact) mass is 573 g/mol. The Hall–Kier alpha value is -5.44. The molecule has 1 amide bonds. The largest absolute Gasteiger partial charge is 0.478 e. The standard InChI is InChI=1S/C34H31N5O4/c1-22-18-23(2)35-30(19-22)38-16-14-37(15-17-38)29-12-11-25(20-28(29)34(42)43)36-33(41)32(40)31-27(24-8-4-3-5-9-24)21-26-10-6-7-13-39(26)31/h3-13,18-21H,14-17H2,1-2H3,(H,36,41)(H,42,43). The maximum Gasteiger partial charge on any atom is 0.337 e. The van der Waals surface area contributed by atoms with Crippen LogP contribution in [0.2, 0.25) is 0 Å². The molecule has 4 heterocycles. The smallest absolute Gasteiger partial charge is 0.337 e. The van der Waals surface area contributed by atoms with Crippen molar-refractivity contribution in [3.63, 3.8) is 0 Å². The molecule has 43 heavy (non-hydrogen) atoms. The first kappa shape index (κ1) is 27.7. The number of pyridine rings is 2. The summed E-state index contributed by atoms with van der Waals surface area (Å²) in [5.74, 6) is -1.76. The van der Waals surface area contributed by atoms with Gasteiger partial charge in [-0.1, -0.05) is 36.4 Å². The Labute approximate surface area is 249 Å². The maximum atomic E-state index is 13.6. The number of benzene rings is 2. The Morgan fingerprint density at radius 3 is 2.26 bits per heavy atom. The lowest BCUT2D eigenvalue weighted by Crippen LogP contribution is -2.47. The van der Waals surface area contributed by atoms with Crippen LogP contribution in [-0.2, 0) is 4.79 Å². The fraction of sp³-hybridized carbons (Fsp3) is 0.176. The van der Waals surface area contributed by atoms with Gasteiger partial charge in [0.15, 0.2) is 0 Å². The first-order chi connectivity index (χ1) is 20.8. The molecule has 0 saturated carbocycles. The van der Waals surface area contributed by atoms with Gasteiger partial charge in [-0.15, -0.1) is 0 Å². The van der Waals surface area contributed by atoms with Crippen molar-refractivity contribution >= 4 is 40.4 Å². The fourth-order valence-corrected chi connectivity index (χ4v) is 5.71. The van der Waals surface area contributed by atoms with Crippen molar-refractivity contribution in [3.8, 4) is 11.1 Å². The van der Waals surface area contributed by atoms with E-state index in [1.54, 1.807) is 28.8 Å². The lowest BCUT2D eigenvalue weighted by molar-refractivity contribution is -0.112. The summed E-state index contributed by atoms with van der Waals surface area (Å²) < 4.78 is 1.70. The molecule has 0 aliphatic carbocycles. The molecule has 1 aliphatic rings. The van der Waals surface area contributed by atoms with Crippen LogP contribution >= 0.6 is 0 Å². The van der Waals surface area contributed by atoms with Gasteiger partial charge in [-0.25, -0.2) is 9.78 Å². The van der Waals surface area contributed by atoms with Crippen LogP contribution in [0.4, 0.5) is 17.2 Å². The Morgan fingerprint density at radius 1 is 0.814 bits per heavy atom. The van der Waals surface area contributed by atoms with E-state index in [9.17, 15) is 19.5 Å². The van der Waals surface area contributed by atoms with Crippen LogP contribution < -0.4 is 15.1 Å². The summed E-state index contributed by atoms with van der Waals surface area (Å²) in [4.78, 5) is 48.0. The number of aromatic nitrogens is 2. The summed E-state index contributed by atoms with van der Waals surface area (Å²) >= 11 is 0. The minimum Gasteiger partial charge on any atom is -0.478 e. The molecule has 1 saturated heterocycles. The number of amides is 1. The number of hydrogen-bond acceptors (Lipinski definition) is 6. The molecule has 0 spiro atoms. The van der Waals surface area contributed by atoms with Gasteiger partial charge in [0, 0.05) is 54.8 Å². The van der Waals surface area contributed by atoms with Gasteiger partial charge in [0.25, 0.3) is 11.7 Å². The van der Waals surface area contributed by atoms with Gasteiger partial charge < -0.3 is 24.6 Å². The lowest BCUT2D eigenvalue weighted by atomic mass is 10.0. The predicted octanol–water partition coefficient (Wildman–Crippen LogP) is 5.46.